The molecule has 0 spiro atoms. The largest absolute Gasteiger partial charge is 0.480 e. The molecule has 3 saturated carbocycles. The lowest BCUT2D eigenvalue weighted by Gasteiger charge is -2.44. The van der Waals surface area contributed by atoms with Gasteiger partial charge in [-0.2, -0.15) is 0 Å². The van der Waals surface area contributed by atoms with Gasteiger partial charge in [0.1, 0.15) is 0 Å². The zero-order valence-electron chi connectivity index (χ0n) is 14.0. The number of amides is 2. The summed E-state index contributed by atoms with van der Waals surface area (Å²) in [7, 11) is 0. The smallest absolute Gasteiger partial charge is 0.317 e. The molecule has 2 N–H and O–H groups in total. The highest BCUT2D eigenvalue weighted by atomic mass is 16.4. The number of carboxylic acid groups (broad SMARTS) is 1. The van der Waals surface area contributed by atoms with Gasteiger partial charge in [0.15, 0.2) is 0 Å². The molecule has 0 radical (unpaired) electrons. The highest BCUT2D eigenvalue weighted by molar-refractivity contribution is 5.75. The van der Waals surface area contributed by atoms with E-state index >= 15 is 0 Å². The third-order valence-electron chi connectivity index (χ3n) is 5.63. The maximum Gasteiger partial charge on any atom is 0.317 e. The molecule has 0 atom stereocenters. The fourth-order valence-electron chi connectivity index (χ4n) is 3.61. The number of carbonyl (C=O) groups is 2. The molecule has 0 unspecified atom stereocenters. The van der Waals surface area contributed by atoms with Crippen LogP contribution in [-0.4, -0.2) is 64.7 Å². The van der Waals surface area contributed by atoms with Gasteiger partial charge in [0.25, 0.3) is 0 Å². The molecule has 0 aromatic rings. The van der Waals surface area contributed by atoms with Crippen molar-refractivity contribution in [3.05, 3.63) is 0 Å². The number of urea groups is 1. The van der Waals surface area contributed by atoms with Gasteiger partial charge in [-0.1, -0.05) is 6.92 Å². The van der Waals surface area contributed by atoms with Crippen LogP contribution in [0.25, 0.3) is 0 Å². The predicted octanol–water partition coefficient (Wildman–Crippen LogP) is 1.90. The molecule has 2 amide bonds. The summed E-state index contributed by atoms with van der Waals surface area (Å²) in [6.45, 7) is 3.75. The number of aliphatic carboxylic acids is 1. The van der Waals surface area contributed by atoms with Crippen LogP contribution in [0.3, 0.4) is 0 Å². The molecule has 3 rings (SSSR count). The molecule has 0 aromatic heterocycles. The lowest BCUT2D eigenvalue weighted by molar-refractivity contribution is -0.139. The first kappa shape index (κ1) is 16.6. The van der Waals surface area contributed by atoms with Crippen LogP contribution in [0.4, 0.5) is 4.79 Å². The Balaban J connectivity index is 1.44. The first-order valence-electron chi connectivity index (χ1n) is 9.09. The molecule has 6 nitrogen and oxygen atoms in total. The van der Waals surface area contributed by atoms with Crippen LogP contribution in [0, 0.1) is 5.92 Å². The van der Waals surface area contributed by atoms with Gasteiger partial charge < -0.3 is 15.3 Å². The minimum Gasteiger partial charge on any atom is -0.480 e. The molecule has 3 fully saturated rings. The molecule has 3 aliphatic carbocycles. The van der Waals surface area contributed by atoms with E-state index in [9.17, 15) is 9.59 Å². The van der Waals surface area contributed by atoms with E-state index in [-0.39, 0.29) is 18.6 Å². The van der Waals surface area contributed by atoms with Gasteiger partial charge in [-0.15, -0.1) is 0 Å². The molecule has 3 aliphatic rings. The van der Waals surface area contributed by atoms with Crippen molar-refractivity contribution in [2.75, 3.05) is 19.6 Å². The first-order valence-corrected chi connectivity index (χ1v) is 9.09. The third kappa shape index (κ3) is 4.16. The second-order valence-corrected chi connectivity index (χ2v) is 7.41. The minimum absolute atomic E-state index is 0.0950. The lowest BCUT2D eigenvalue weighted by atomic mass is 9.85. The molecule has 6 heteroatoms. The molecule has 23 heavy (non-hydrogen) atoms. The van der Waals surface area contributed by atoms with Crippen molar-refractivity contribution < 1.29 is 14.7 Å². The van der Waals surface area contributed by atoms with Crippen LogP contribution in [0.1, 0.15) is 51.9 Å². The molecular weight excluding hydrogens is 294 g/mol. The number of nitrogens with one attached hydrogen (secondary N) is 1. The lowest BCUT2D eigenvalue weighted by Crippen LogP contribution is -2.58. The summed E-state index contributed by atoms with van der Waals surface area (Å²) in [5.41, 5.74) is 0. The molecule has 0 bridgehead atoms. The topological polar surface area (TPSA) is 72.9 Å². The average molecular weight is 323 g/mol. The van der Waals surface area contributed by atoms with Crippen LogP contribution in [0.5, 0.6) is 0 Å². The maximum absolute atomic E-state index is 12.6. The highest BCUT2D eigenvalue weighted by Gasteiger charge is 2.38. The number of carboxylic acids is 1. The molecule has 0 saturated heterocycles. The van der Waals surface area contributed by atoms with Crippen molar-refractivity contribution in [3.8, 4) is 0 Å². The maximum atomic E-state index is 12.6. The highest BCUT2D eigenvalue weighted by Crippen LogP contribution is 2.34. The number of likely N-dealkylation sites (N-methyl/N-ethyl adjacent to an activating group) is 1. The van der Waals surface area contributed by atoms with E-state index in [0.29, 0.717) is 12.1 Å². The van der Waals surface area contributed by atoms with Crippen molar-refractivity contribution in [2.24, 2.45) is 5.92 Å². The van der Waals surface area contributed by atoms with E-state index in [2.05, 4.69) is 10.2 Å². The number of carbonyl (C=O) groups excluding carboxylic acids is 1. The van der Waals surface area contributed by atoms with Crippen molar-refractivity contribution in [3.63, 3.8) is 0 Å². The molecule has 0 heterocycles. The Morgan fingerprint density at radius 2 is 1.83 bits per heavy atom. The second kappa shape index (κ2) is 7.07. The van der Waals surface area contributed by atoms with Gasteiger partial charge in [-0.3, -0.25) is 9.69 Å². The van der Waals surface area contributed by atoms with Crippen molar-refractivity contribution >= 4 is 12.0 Å². The fourth-order valence-corrected chi connectivity index (χ4v) is 3.61. The Bertz CT molecular complexity index is 442. The Morgan fingerprint density at radius 1 is 1.13 bits per heavy atom. The predicted molar refractivity (Wildman–Crippen MR) is 87.3 cm³/mol. The van der Waals surface area contributed by atoms with Crippen molar-refractivity contribution in [1.82, 2.24) is 15.1 Å². The van der Waals surface area contributed by atoms with Gasteiger partial charge in [0.05, 0.1) is 6.54 Å². The number of hydrogen-bond donors (Lipinski definition) is 2. The SMILES string of the molecule is CCN(CC(=O)O)C1CC(NC(=O)N(CC2CC2)C2CCC2)C1. The normalized spacial score (nSPS) is 27.2. The Hall–Kier alpha value is -1.30. The number of nitrogens with zero attached hydrogens (tertiary/aromatic N) is 2. The third-order valence-corrected chi connectivity index (χ3v) is 5.63. The molecular formula is C17H29N3O3. The van der Waals surface area contributed by atoms with Crippen LogP contribution >= 0.6 is 0 Å². The second-order valence-electron chi connectivity index (χ2n) is 7.41. The molecule has 0 aliphatic heterocycles. The summed E-state index contributed by atoms with van der Waals surface area (Å²) in [5.74, 6) is -0.0541. The summed E-state index contributed by atoms with van der Waals surface area (Å²) in [4.78, 5) is 27.5. The number of rotatable bonds is 8. The molecule has 0 aromatic carbocycles. The van der Waals surface area contributed by atoms with E-state index in [1.807, 2.05) is 11.8 Å². The summed E-state index contributed by atoms with van der Waals surface area (Å²) >= 11 is 0. The van der Waals surface area contributed by atoms with Crippen molar-refractivity contribution in [1.29, 1.82) is 0 Å². The Labute approximate surface area is 138 Å². The quantitative estimate of drug-likeness (QED) is 0.715. The van der Waals surface area contributed by atoms with E-state index < -0.39 is 5.97 Å². The number of hydrogen-bond acceptors (Lipinski definition) is 3. The summed E-state index contributed by atoms with van der Waals surface area (Å²) < 4.78 is 0. The average Bonchev–Trinajstić information content (AvgIpc) is 3.21. The van der Waals surface area contributed by atoms with E-state index in [1.54, 1.807) is 0 Å². The molecule has 130 valence electrons. The minimum atomic E-state index is -0.778. The van der Waals surface area contributed by atoms with E-state index in [4.69, 9.17) is 5.11 Å². The van der Waals surface area contributed by atoms with Crippen LogP contribution < -0.4 is 5.32 Å². The zero-order valence-corrected chi connectivity index (χ0v) is 14.0. The monoisotopic (exact) mass is 323 g/mol. The van der Waals surface area contributed by atoms with Gasteiger partial charge >= 0.3 is 12.0 Å². The Kier molecular flexibility index (Phi) is 5.09. The summed E-state index contributed by atoms with van der Waals surface area (Å²) in [6, 6.07) is 1.05. The summed E-state index contributed by atoms with van der Waals surface area (Å²) in [5, 5.41) is 12.1. The van der Waals surface area contributed by atoms with Crippen molar-refractivity contribution in [2.45, 2.75) is 70.0 Å². The Morgan fingerprint density at radius 3 is 2.30 bits per heavy atom. The van der Waals surface area contributed by atoms with E-state index in [1.165, 1.54) is 19.3 Å². The van der Waals surface area contributed by atoms with Crippen LogP contribution in [0.2, 0.25) is 0 Å². The van der Waals surface area contributed by atoms with Crippen LogP contribution in [-0.2, 0) is 4.79 Å². The van der Waals surface area contributed by atoms with Gasteiger partial charge in [0, 0.05) is 24.7 Å². The van der Waals surface area contributed by atoms with Gasteiger partial charge in [0.2, 0.25) is 0 Å². The summed E-state index contributed by atoms with van der Waals surface area (Å²) in [6.07, 6.45) is 7.81. The standard InChI is InChI=1S/C17H29N3O3/c1-2-19(11-16(21)22)15-8-13(9-15)18-17(23)20(10-12-6-7-12)14-4-3-5-14/h12-15H,2-11H2,1H3,(H,18,23)(H,21,22). The van der Waals surface area contributed by atoms with Gasteiger partial charge in [-0.25, -0.2) is 4.79 Å². The van der Waals surface area contributed by atoms with E-state index in [0.717, 1.165) is 44.7 Å². The fraction of sp³-hybridized carbons (Fsp3) is 0.882. The first-order chi connectivity index (χ1) is 11.1. The zero-order chi connectivity index (χ0) is 16.4. The van der Waals surface area contributed by atoms with Gasteiger partial charge in [-0.05, 0) is 57.4 Å². The van der Waals surface area contributed by atoms with Crippen LogP contribution in [0.15, 0.2) is 0 Å².